The van der Waals surface area contributed by atoms with Crippen molar-refractivity contribution in [3.63, 3.8) is 0 Å². The molecule has 0 aromatic heterocycles. The first kappa shape index (κ1) is 24.3. The molecule has 1 N–H and O–H groups in total. The number of hydrogen-bond acceptors (Lipinski definition) is 5. The van der Waals surface area contributed by atoms with Gasteiger partial charge in [-0.2, -0.15) is 18.4 Å². The molecular formula is C25H24F3NO4. The van der Waals surface area contributed by atoms with Crippen LogP contribution in [0.4, 0.5) is 13.2 Å². The number of rotatable bonds is 4. The molecule has 1 aliphatic heterocycles. The normalized spacial score (nSPS) is 17.6. The molecule has 0 saturated carbocycles. The number of benzene rings is 2. The summed E-state index contributed by atoms with van der Waals surface area (Å²) in [7, 11) is 0. The van der Waals surface area contributed by atoms with E-state index < -0.39 is 34.5 Å². The van der Waals surface area contributed by atoms with Crippen LogP contribution < -0.4 is 4.74 Å². The topological polar surface area (TPSA) is 79.6 Å². The molecule has 174 valence electrons. The lowest BCUT2D eigenvalue weighted by Crippen LogP contribution is -2.49. The maximum absolute atomic E-state index is 13.5. The average Bonchev–Trinajstić information content (AvgIpc) is 2.72. The van der Waals surface area contributed by atoms with E-state index >= 15 is 0 Å². The van der Waals surface area contributed by atoms with Crippen molar-refractivity contribution in [3.8, 4) is 17.6 Å². The number of Topliss-reactive ketones (excluding diaryl/α,β-unsaturated/α-hetero) is 1. The maximum atomic E-state index is 13.5. The molecule has 0 fully saturated rings. The van der Waals surface area contributed by atoms with Gasteiger partial charge in [0.1, 0.15) is 28.5 Å². The quantitative estimate of drug-likeness (QED) is 0.576. The molecule has 0 unspecified atom stereocenters. The van der Waals surface area contributed by atoms with Crippen LogP contribution in [0.2, 0.25) is 0 Å². The number of aryl methyl sites for hydroxylation is 1. The Morgan fingerprint density at radius 2 is 1.76 bits per heavy atom. The summed E-state index contributed by atoms with van der Waals surface area (Å²) in [4.78, 5) is 13.2. The van der Waals surface area contributed by atoms with Gasteiger partial charge in [-0.25, -0.2) is 0 Å². The number of hydrogen-bond donors (Lipinski definition) is 1. The first-order valence-electron chi connectivity index (χ1n) is 10.3. The van der Waals surface area contributed by atoms with Crippen molar-refractivity contribution >= 4 is 11.4 Å². The van der Waals surface area contributed by atoms with Crippen molar-refractivity contribution in [2.75, 3.05) is 0 Å². The fraction of sp³-hybridized carbons (Fsp3) is 0.360. The number of ketones is 1. The molecule has 0 bridgehead atoms. The number of halogens is 3. The predicted molar refractivity (Wildman–Crippen MR) is 116 cm³/mol. The van der Waals surface area contributed by atoms with Gasteiger partial charge in [0.05, 0.1) is 22.8 Å². The highest BCUT2D eigenvalue weighted by Crippen LogP contribution is 2.43. The second-order valence-electron chi connectivity index (χ2n) is 8.77. The molecule has 2 aromatic rings. The van der Waals surface area contributed by atoms with Gasteiger partial charge in [-0.05, 0) is 75.6 Å². The monoisotopic (exact) mass is 459 g/mol. The Balaban J connectivity index is 2.16. The van der Waals surface area contributed by atoms with Gasteiger partial charge in [0, 0.05) is 0 Å². The molecule has 0 amide bonds. The fourth-order valence-electron chi connectivity index (χ4n) is 3.89. The Bertz CT molecular complexity index is 1190. The number of aliphatic hydroxyl groups excluding tert-OH is 1. The fourth-order valence-corrected chi connectivity index (χ4v) is 3.89. The number of ether oxygens (including phenoxy) is 2. The van der Waals surface area contributed by atoms with E-state index in [4.69, 9.17) is 14.7 Å². The molecule has 33 heavy (non-hydrogen) atoms. The van der Waals surface area contributed by atoms with E-state index in [1.165, 1.54) is 18.2 Å². The molecule has 8 heteroatoms. The third-order valence-electron chi connectivity index (χ3n) is 5.46. The number of nitriles is 1. The first-order valence-corrected chi connectivity index (χ1v) is 10.3. The number of aliphatic hydroxyl groups is 1. The Morgan fingerprint density at radius 3 is 2.33 bits per heavy atom. The molecule has 0 aliphatic carbocycles. The van der Waals surface area contributed by atoms with Gasteiger partial charge in [-0.15, -0.1) is 0 Å². The van der Waals surface area contributed by atoms with Crippen molar-refractivity contribution in [1.29, 1.82) is 5.26 Å². The molecule has 0 saturated heterocycles. The minimum absolute atomic E-state index is 0.0487. The van der Waals surface area contributed by atoms with Crippen molar-refractivity contribution < 1.29 is 32.5 Å². The van der Waals surface area contributed by atoms with E-state index in [0.717, 1.165) is 12.1 Å². The number of nitrogens with zero attached hydrogens (tertiary/aromatic N) is 1. The Labute approximate surface area is 190 Å². The van der Waals surface area contributed by atoms with Crippen LogP contribution >= 0.6 is 0 Å². The maximum Gasteiger partial charge on any atom is 0.420 e. The van der Waals surface area contributed by atoms with E-state index in [-0.39, 0.29) is 22.6 Å². The molecule has 5 nitrogen and oxygen atoms in total. The summed E-state index contributed by atoms with van der Waals surface area (Å²) in [6, 6.07) is 9.30. The molecule has 0 spiro atoms. The van der Waals surface area contributed by atoms with Gasteiger partial charge in [0.15, 0.2) is 5.78 Å². The summed E-state index contributed by atoms with van der Waals surface area (Å²) in [6.45, 7) is 8.33. The van der Waals surface area contributed by atoms with Crippen molar-refractivity contribution in [1.82, 2.24) is 0 Å². The summed E-state index contributed by atoms with van der Waals surface area (Å²) < 4.78 is 52.0. The molecule has 0 radical (unpaired) electrons. The van der Waals surface area contributed by atoms with E-state index in [0.29, 0.717) is 17.5 Å². The lowest BCUT2D eigenvalue weighted by molar-refractivity contribution is -0.158. The highest BCUT2D eigenvalue weighted by Gasteiger charge is 2.47. The number of carbonyl (C=O) groups excluding carboxylic acids is 1. The number of carbonyl (C=O) groups is 1. The lowest BCUT2D eigenvalue weighted by atomic mass is 9.81. The Morgan fingerprint density at radius 1 is 1.09 bits per heavy atom. The van der Waals surface area contributed by atoms with Crippen molar-refractivity contribution in [2.24, 2.45) is 0 Å². The molecule has 1 heterocycles. The van der Waals surface area contributed by atoms with Gasteiger partial charge in [-0.1, -0.05) is 13.0 Å². The van der Waals surface area contributed by atoms with E-state index in [1.54, 1.807) is 39.8 Å². The summed E-state index contributed by atoms with van der Waals surface area (Å²) in [6.07, 6.45) is -4.23. The minimum Gasteiger partial charge on any atom is -0.508 e. The van der Waals surface area contributed by atoms with Crippen LogP contribution in [-0.4, -0.2) is 22.1 Å². The van der Waals surface area contributed by atoms with Gasteiger partial charge in [0.25, 0.3) is 0 Å². The summed E-state index contributed by atoms with van der Waals surface area (Å²) in [5, 5.41) is 19.8. The van der Waals surface area contributed by atoms with Gasteiger partial charge < -0.3 is 14.6 Å². The molecule has 2 aromatic carbocycles. The lowest BCUT2D eigenvalue weighted by Gasteiger charge is -2.40. The largest absolute Gasteiger partial charge is 0.508 e. The van der Waals surface area contributed by atoms with Crippen LogP contribution in [0.3, 0.4) is 0 Å². The molecule has 0 atom stereocenters. The zero-order valence-electron chi connectivity index (χ0n) is 18.9. The average molecular weight is 459 g/mol. The van der Waals surface area contributed by atoms with Crippen LogP contribution in [0.5, 0.6) is 11.5 Å². The van der Waals surface area contributed by atoms with E-state index in [1.807, 2.05) is 6.92 Å². The van der Waals surface area contributed by atoms with Crippen LogP contribution in [0.15, 0.2) is 42.2 Å². The predicted octanol–water partition coefficient (Wildman–Crippen LogP) is 6.36. The first-order chi connectivity index (χ1) is 15.2. The standard InChI is InChI=1S/C25H24F3NO4/c1-6-15-8-9-16(32-19-10-7-14(13-29)11-18(19)25(26,27)28)12-17(15)20-21(30)23(2,3)33-24(4,5)22(20)31/h7-12,30H,6H2,1-5H3. The summed E-state index contributed by atoms with van der Waals surface area (Å²) in [5.41, 5.74) is -2.48. The highest BCUT2D eigenvalue weighted by molar-refractivity contribution is 6.26. The molecule has 1 aliphatic rings. The van der Waals surface area contributed by atoms with Gasteiger partial charge in [0.2, 0.25) is 0 Å². The second-order valence-corrected chi connectivity index (χ2v) is 8.77. The summed E-state index contributed by atoms with van der Waals surface area (Å²) >= 11 is 0. The zero-order valence-corrected chi connectivity index (χ0v) is 18.9. The highest BCUT2D eigenvalue weighted by atomic mass is 19.4. The summed E-state index contributed by atoms with van der Waals surface area (Å²) in [5.74, 6) is -1.13. The smallest absolute Gasteiger partial charge is 0.420 e. The van der Waals surface area contributed by atoms with E-state index in [2.05, 4.69) is 0 Å². The second kappa shape index (κ2) is 8.23. The van der Waals surface area contributed by atoms with Crippen LogP contribution in [0.25, 0.3) is 5.57 Å². The van der Waals surface area contributed by atoms with Crippen molar-refractivity contribution in [2.45, 2.75) is 58.4 Å². The third kappa shape index (κ3) is 4.60. The SMILES string of the molecule is CCc1ccc(Oc2ccc(C#N)cc2C(F)(F)F)cc1C1=C(O)C(C)(C)OC(C)(C)C1=O. The number of alkyl halides is 3. The van der Waals surface area contributed by atoms with Crippen LogP contribution in [0.1, 0.15) is 56.9 Å². The van der Waals surface area contributed by atoms with Crippen LogP contribution in [0, 0.1) is 11.3 Å². The van der Waals surface area contributed by atoms with Crippen LogP contribution in [-0.2, 0) is 22.1 Å². The molecule has 3 rings (SSSR count). The van der Waals surface area contributed by atoms with Gasteiger partial charge in [-0.3, -0.25) is 4.79 Å². The van der Waals surface area contributed by atoms with E-state index in [9.17, 15) is 23.1 Å². The van der Waals surface area contributed by atoms with Gasteiger partial charge >= 0.3 is 6.18 Å². The molecular weight excluding hydrogens is 435 g/mol. The Kier molecular flexibility index (Phi) is 6.07. The van der Waals surface area contributed by atoms with Crippen molar-refractivity contribution in [3.05, 3.63) is 64.4 Å². The Hall–Kier alpha value is -3.31. The zero-order chi connectivity index (χ0) is 24.8. The third-order valence-corrected chi connectivity index (χ3v) is 5.46. The minimum atomic E-state index is -4.74.